The smallest absolute Gasteiger partial charge is 0.0768 e. The average Bonchev–Trinajstić information content (AvgIpc) is 2.53. The standard InChI is InChI=1S/C15H27N3O3/c1-2-3-8-19-10-12-21-13-11-20-9-7-16-14-15-5-4-6-17-18-15/h4-6,16H,2-3,7-14H2,1H3. The predicted molar refractivity (Wildman–Crippen MR) is 81.1 cm³/mol. The van der Waals surface area contributed by atoms with E-state index in [4.69, 9.17) is 14.2 Å². The Morgan fingerprint density at radius 3 is 2.38 bits per heavy atom. The Morgan fingerprint density at radius 2 is 1.71 bits per heavy atom. The third-order valence-electron chi connectivity index (χ3n) is 2.74. The van der Waals surface area contributed by atoms with Crippen molar-refractivity contribution in [3.63, 3.8) is 0 Å². The van der Waals surface area contributed by atoms with E-state index in [0.717, 1.165) is 25.3 Å². The van der Waals surface area contributed by atoms with Gasteiger partial charge in [0, 0.05) is 25.9 Å². The summed E-state index contributed by atoms with van der Waals surface area (Å²) in [6.07, 6.45) is 3.95. The van der Waals surface area contributed by atoms with E-state index in [9.17, 15) is 0 Å². The second kappa shape index (κ2) is 13.9. The van der Waals surface area contributed by atoms with E-state index < -0.39 is 0 Å². The Balaban J connectivity index is 1.75. The minimum absolute atomic E-state index is 0.612. The van der Waals surface area contributed by atoms with E-state index in [1.54, 1.807) is 6.20 Å². The molecule has 6 heteroatoms. The van der Waals surface area contributed by atoms with E-state index >= 15 is 0 Å². The van der Waals surface area contributed by atoms with Crippen molar-refractivity contribution < 1.29 is 14.2 Å². The maximum absolute atomic E-state index is 5.45. The second-order valence-electron chi connectivity index (χ2n) is 4.58. The van der Waals surface area contributed by atoms with Crippen molar-refractivity contribution in [1.82, 2.24) is 15.5 Å². The molecule has 0 bridgehead atoms. The zero-order valence-corrected chi connectivity index (χ0v) is 12.9. The first kappa shape index (κ1) is 18.0. The lowest BCUT2D eigenvalue weighted by atomic mass is 10.4. The normalized spacial score (nSPS) is 10.9. The number of ether oxygens (including phenoxy) is 3. The van der Waals surface area contributed by atoms with E-state index in [1.807, 2.05) is 12.1 Å². The highest BCUT2D eigenvalue weighted by molar-refractivity contribution is 4.98. The Morgan fingerprint density at radius 1 is 1.00 bits per heavy atom. The third-order valence-corrected chi connectivity index (χ3v) is 2.74. The van der Waals surface area contributed by atoms with E-state index in [0.29, 0.717) is 39.6 Å². The van der Waals surface area contributed by atoms with Gasteiger partial charge in [-0.2, -0.15) is 10.2 Å². The van der Waals surface area contributed by atoms with Gasteiger partial charge in [0.2, 0.25) is 0 Å². The van der Waals surface area contributed by atoms with Gasteiger partial charge in [-0.3, -0.25) is 0 Å². The highest BCUT2D eigenvalue weighted by atomic mass is 16.5. The van der Waals surface area contributed by atoms with Gasteiger partial charge in [0.25, 0.3) is 0 Å². The molecular formula is C15H27N3O3. The van der Waals surface area contributed by atoms with Crippen molar-refractivity contribution in [3.05, 3.63) is 24.0 Å². The SMILES string of the molecule is CCCCOCCOCCOCCNCc1cccnn1. The first-order valence-corrected chi connectivity index (χ1v) is 7.64. The van der Waals surface area contributed by atoms with Gasteiger partial charge in [-0.05, 0) is 18.6 Å². The zero-order valence-electron chi connectivity index (χ0n) is 12.9. The Hall–Kier alpha value is -1.08. The molecule has 0 saturated carbocycles. The number of hydrogen-bond acceptors (Lipinski definition) is 6. The molecule has 0 fully saturated rings. The fraction of sp³-hybridized carbons (Fsp3) is 0.733. The second-order valence-corrected chi connectivity index (χ2v) is 4.58. The molecule has 1 aromatic heterocycles. The molecule has 0 spiro atoms. The monoisotopic (exact) mass is 297 g/mol. The maximum atomic E-state index is 5.45. The molecule has 1 rings (SSSR count). The van der Waals surface area contributed by atoms with Crippen molar-refractivity contribution in [2.45, 2.75) is 26.3 Å². The molecular weight excluding hydrogens is 270 g/mol. The van der Waals surface area contributed by atoms with Crippen molar-refractivity contribution in [2.75, 3.05) is 46.2 Å². The molecule has 0 radical (unpaired) electrons. The molecule has 6 nitrogen and oxygen atoms in total. The van der Waals surface area contributed by atoms with Gasteiger partial charge in [-0.15, -0.1) is 0 Å². The van der Waals surface area contributed by atoms with Crippen LogP contribution in [-0.4, -0.2) is 56.4 Å². The van der Waals surface area contributed by atoms with Crippen LogP contribution in [0.3, 0.4) is 0 Å². The van der Waals surface area contributed by atoms with Gasteiger partial charge in [0.1, 0.15) is 0 Å². The van der Waals surface area contributed by atoms with Crippen LogP contribution < -0.4 is 5.32 Å². The molecule has 1 aromatic rings. The molecule has 0 atom stereocenters. The lowest BCUT2D eigenvalue weighted by molar-refractivity contribution is 0.0146. The molecule has 1 heterocycles. The largest absolute Gasteiger partial charge is 0.379 e. The van der Waals surface area contributed by atoms with Crippen LogP contribution in [0.1, 0.15) is 25.5 Å². The summed E-state index contributed by atoms with van der Waals surface area (Å²) in [6, 6.07) is 3.82. The molecule has 0 amide bonds. The number of nitrogens with one attached hydrogen (secondary N) is 1. The van der Waals surface area contributed by atoms with Crippen LogP contribution in [0.4, 0.5) is 0 Å². The average molecular weight is 297 g/mol. The van der Waals surface area contributed by atoms with E-state index in [-0.39, 0.29) is 0 Å². The number of hydrogen-bond donors (Lipinski definition) is 1. The van der Waals surface area contributed by atoms with Gasteiger partial charge in [0.15, 0.2) is 0 Å². The lowest BCUT2D eigenvalue weighted by Gasteiger charge is -2.07. The minimum Gasteiger partial charge on any atom is -0.379 e. The van der Waals surface area contributed by atoms with Crippen LogP contribution in [0.5, 0.6) is 0 Å². The van der Waals surface area contributed by atoms with Crippen LogP contribution in [0.15, 0.2) is 18.3 Å². The minimum atomic E-state index is 0.612. The topological polar surface area (TPSA) is 65.5 Å². The van der Waals surface area contributed by atoms with Crippen molar-refractivity contribution in [3.8, 4) is 0 Å². The summed E-state index contributed by atoms with van der Waals surface area (Å²) in [4.78, 5) is 0. The van der Waals surface area contributed by atoms with Gasteiger partial charge in [0.05, 0.1) is 38.7 Å². The lowest BCUT2D eigenvalue weighted by Crippen LogP contribution is -2.21. The summed E-state index contributed by atoms with van der Waals surface area (Å²) in [6.45, 7) is 7.67. The first-order valence-electron chi connectivity index (χ1n) is 7.64. The van der Waals surface area contributed by atoms with Crippen LogP contribution in [0, 0.1) is 0 Å². The van der Waals surface area contributed by atoms with E-state index in [1.165, 1.54) is 6.42 Å². The molecule has 120 valence electrons. The Kier molecular flexibility index (Phi) is 11.9. The third kappa shape index (κ3) is 11.3. The van der Waals surface area contributed by atoms with E-state index in [2.05, 4.69) is 22.4 Å². The highest BCUT2D eigenvalue weighted by Gasteiger charge is 1.94. The molecule has 0 unspecified atom stereocenters. The van der Waals surface area contributed by atoms with Crippen molar-refractivity contribution in [2.24, 2.45) is 0 Å². The summed E-state index contributed by atoms with van der Waals surface area (Å²) >= 11 is 0. The molecule has 1 N–H and O–H groups in total. The summed E-state index contributed by atoms with van der Waals surface area (Å²) in [5.41, 5.74) is 0.934. The summed E-state index contributed by atoms with van der Waals surface area (Å²) in [5, 5.41) is 11.0. The molecule has 21 heavy (non-hydrogen) atoms. The fourth-order valence-electron chi connectivity index (χ4n) is 1.58. The van der Waals surface area contributed by atoms with Crippen molar-refractivity contribution in [1.29, 1.82) is 0 Å². The van der Waals surface area contributed by atoms with Gasteiger partial charge >= 0.3 is 0 Å². The molecule has 0 aliphatic carbocycles. The zero-order chi connectivity index (χ0) is 15.0. The number of nitrogens with zero attached hydrogens (tertiary/aromatic N) is 2. The fourth-order valence-corrected chi connectivity index (χ4v) is 1.58. The molecule has 0 aliphatic heterocycles. The van der Waals surface area contributed by atoms with Crippen LogP contribution in [-0.2, 0) is 20.8 Å². The Bertz CT molecular complexity index is 325. The molecule has 0 saturated heterocycles. The highest BCUT2D eigenvalue weighted by Crippen LogP contribution is 1.89. The van der Waals surface area contributed by atoms with Crippen LogP contribution >= 0.6 is 0 Å². The number of unbranched alkanes of at least 4 members (excludes halogenated alkanes) is 1. The van der Waals surface area contributed by atoms with Gasteiger partial charge in [-0.1, -0.05) is 13.3 Å². The maximum Gasteiger partial charge on any atom is 0.0768 e. The molecule has 0 aliphatic rings. The van der Waals surface area contributed by atoms with Crippen LogP contribution in [0.2, 0.25) is 0 Å². The number of rotatable bonds is 14. The Labute approximate surface area is 127 Å². The summed E-state index contributed by atoms with van der Waals surface area (Å²) in [7, 11) is 0. The predicted octanol–water partition coefficient (Wildman–Crippen LogP) is 1.42. The first-order chi connectivity index (χ1) is 10.4. The van der Waals surface area contributed by atoms with Crippen LogP contribution in [0.25, 0.3) is 0 Å². The molecule has 0 aromatic carbocycles. The summed E-state index contributed by atoms with van der Waals surface area (Å²) in [5.74, 6) is 0. The van der Waals surface area contributed by atoms with Gasteiger partial charge < -0.3 is 19.5 Å². The quantitative estimate of drug-likeness (QED) is 0.524. The van der Waals surface area contributed by atoms with Crippen molar-refractivity contribution >= 4 is 0 Å². The summed E-state index contributed by atoms with van der Waals surface area (Å²) < 4.78 is 16.2. The number of aromatic nitrogens is 2. The van der Waals surface area contributed by atoms with Gasteiger partial charge in [-0.25, -0.2) is 0 Å².